The van der Waals surface area contributed by atoms with Crippen LogP contribution in [0, 0.1) is 0 Å². The molecule has 12 heteroatoms. The number of H-pyrrole nitrogens is 1. The normalized spacial score (nSPS) is 19.8. The summed E-state index contributed by atoms with van der Waals surface area (Å²) in [5.41, 5.74) is 2.69. The molecular formula is C22H26ClN7O3S. The van der Waals surface area contributed by atoms with Crippen LogP contribution in [-0.4, -0.2) is 54.4 Å². The summed E-state index contributed by atoms with van der Waals surface area (Å²) in [5.74, 6) is 0.537. The second-order valence-corrected chi connectivity index (χ2v) is 11.1. The average Bonchev–Trinajstić information content (AvgIpc) is 3.17. The SMILES string of the molecule is CS(=O)(=O)NC1CN=C(NCc2cc(=O)n3[nH]c(C4(c5ccccc5Cl)CCC4)cc3n2)NC1. The Morgan fingerprint density at radius 2 is 2.06 bits per heavy atom. The summed E-state index contributed by atoms with van der Waals surface area (Å²) in [4.78, 5) is 21.8. The fourth-order valence-electron chi connectivity index (χ4n) is 4.66. The van der Waals surface area contributed by atoms with Gasteiger partial charge in [0, 0.05) is 34.8 Å². The molecule has 34 heavy (non-hydrogen) atoms. The Morgan fingerprint density at radius 1 is 1.26 bits per heavy atom. The number of benzene rings is 1. The first-order valence-corrected chi connectivity index (χ1v) is 13.4. The average molecular weight is 504 g/mol. The van der Waals surface area contributed by atoms with Crippen molar-refractivity contribution in [3.8, 4) is 0 Å². The zero-order valence-corrected chi connectivity index (χ0v) is 20.2. The van der Waals surface area contributed by atoms with Gasteiger partial charge in [0.2, 0.25) is 10.0 Å². The summed E-state index contributed by atoms with van der Waals surface area (Å²) in [5, 5.41) is 10.2. The van der Waals surface area contributed by atoms with Crippen LogP contribution in [0.15, 0.2) is 46.2 Å². The molecule has 1 aromatic carbocycles. The number of fused-ring (bicyclic) bond motifs is 1. The molecule has 1 aliphatic heterocycles. The van der Waals surface area contributed by atoms with Gasteiger partial charge in [-0.2, -0.15) is 0 Å². The first kappa shape index (κ1) is 22.9. The number of hydrogen-bond acceptors (Lipinski definition) is 7. The van der Waals surface area contributed by atoms with E-state index >= 15 is 0 Å². The molecular weight excluding hydrogens is 478 g/mol. The maximum absolute atomic E-state index is 12.8. The topological polar surface area (TPSA) is 133 Å². The predicted molar refractivity (Wildman–Crippen MR) is 131 cm³/mol. The molecule has 1 atom stereocenters. The number of rotatable bonds is 6. The van der Waals surface area contributed by atoms with Crippen LogP contribution in [-0.2, 0) is 22.0 Å². The number of halogens is 1. The van der Waals surface area contributed by atoms with Crippen molar-refractivity contribution < 1.29 is 8.42 Å². The Kier molecular flexibility index (Phi) is 5.86. The highest BCUT2D eigenvalue weighted by atomic mass is 35.5. The largest absolute Gasteiger partial charge is 0.355 e. The zero-order chi connectivity index (χ0) is 23.9. The van der Waals surface area contributed by atoms with Crippen molar-refractivity contribution in [1.82, 2.24) is 30.0 Å². The molecule has 180 valence electrons. The number of aromatic nitrogens is 3. The maximum Gasteiger partial charge on any atom is 0.272 e. The lowest BCUT2D eigenvalue weighted by Gasteiger charge is -2.42. The number of hydrogen-bond donors (Lipinski definition) is 4. The van der Waals surface area contributed by atoms with Gasteiger partial charge >= 0.3 is 0 Å². The van der Waals surface area contributed by atoms with Crippen LogP contribution >= 0.6 is 11.6 Å². The van der Waals surface area contributed by atoms with E-state index in [1.807, 2.05) is 30.3 Å². The van der Waals surface area contributed by atoms with Gasteiger partial charge < -0.3 is 10.6 Å². The second-order valence-electron chi connectivity index (χ2n) is 8.88. The minimum Gasteiger partial charge on any atom is -0.355 e. The van der Waals surface area contributed by atoms with Crippen LogP contribution in [0.2, 0.25) is 5.02 Å². The lowest BCUT2D eigenvalue weighted by Crippen LogP contribution is -2.52. The Hall–Kier alpha value is -2.89. The third kappa shape index (κ3) is 4.42. The standard InChI is InChI=1S/C22H26ClN7O3S/c1-34(32,33)29-15-12-25-21(26-13-15)24-11-14-9-20(31)30-19(27-14)10-18(28-30)22(7-4-8-22)16-5-2-3-6-17(16)23/h2-3,5-6,9-10,15,28-29H,4,7-8,11-13H2,1H3,(H2,24,25,26). The summed E-state index contributed by atoms with van der Waals surface area (Å²) in [6, 6.07) is 11.0. The predicted octanol–water partition coefficient (Wildman–Crippen LogP) is 1.11. The Bertz CT molecular complexity index is 1430. The molecule has 1 saturated carbocycles. The molecule has 4 N–H and O–H groups in total. The third-order valence-corrected chi connectivity index (χ3v) is 7.51. The monoisotopic (exact) mass is 503 g/mol. The zero-order valence-electron chi connectivity index (χ0n) is 18.6. The molecule has 10 nitrogen and oxygen atoms in total. The molecule has 2 aliphatic rings. The minimum atomic E-state index is -3.29. The van der Waals surface area contributed by atoms with Gasteiger partial charge in [0.25, 0.3) is 5.56 Å². The summed E-state index contributed by atoms with van der Waals surface area (Å²) >= 11 is 6.52. The van der Waals surface area contributed by atoms with Gasteiger partial charge in [0.15, 0.2) is 11.6 Å². The van der Waals surface area contributed by atoms with E-state index in [0.29, 0.717) is 36.9 Å². The van der Waals surface area contributed by atoms with Gasteiger partial charge in [-0.25, -0.2) is 22.6 Å². The van der Waals surface area contributed by atoms with Gasteiger partial charge in [0.05, 0.1) is 31.1 Å². The van der Waals surface area contributed by atoms with Crippen molar-refractivity contribution in [2.45, 2.75) is 37.3 Å². The highest BCUT2D eigenvalue weighted by molar-refractivity contribution is 7.88. The Balaban J connectivity index is 1.35. The molecule has 0 saturated heterocycles. The fraction of sp³-hybridized carbons (Fsp3) is 0.409. The van der Waals surface area contributed by atoms with Crippen molar-refractivity contribution in [2.24, 2.45) is 4.99 Å². The Morgan fingerprint density at radius 3 is 2.71 bits per heavy atom. The number of guanidine groups is 1. The third-order valence-electron chi connectivity index (χ3n) is 6.42. The van der Waals surface area contributed by atoms with E-state index in [-0.39, 0.29) is 17.0 Å². The van der Waals surface area contributed by atoms with Crippen molar-refractivity contribution in [1.29, 1.82) is 0 Å². The molecule has 0 bridgehead atoms. The van der Waals surface area contributed by atoms with E-state index in [9.17, 15) is 13.2 Å². The van der Waals surface area contributed by atoms with E-state index in [2.05, 4.69) is 30.4 Å². The molecule has 1 unspecified atom stereocenters. The quantitative estimate of drug-likeness (QED) is 0.398. The van der Waals surface area contributed by atoms with Crippen molar-refractivity contribution >= 4 is 33.2 Å². The van der Waals surface area contributed by atoms with Crippen LogP contribution in [0.3, 0.4) is 0 Å². The van der Waals surface area contributed by atoms with Crippen LogP contribution < -0.4 is 20.9 Å². The van der Waals surface area contributed by atoms with Gasteiger partial charge in [-0.3, -0.25) is 14.9 Å². The summed E-state index contributed by atoms with van der Waals surface area (Å²) in [7, 11) is -3.29. The fourth-order valence-corrected chi connectivity index (χ4v) is 5.74. The molecule has 0 spiro atoms. The van der Waals surface area contributed by atoms with E-state index < -0.39 is 10.0 Å². The van der Waals surface area contributed by atoms with Crippen LogP contribution in [0.1, 0.15) is 36.2 Å². The van der Waals surface area contributed by atoms with Crippen LogP contribution in [0.4, 0.5) is 0 Å². The minimum absolute atomic E-state index is 0.197. The molecule has 3 heterocycles. The van der Waals surface area contributed by atoms with Crippen LogP contribution in [0.25, 0.3) is 5.65 Å². The van der Waals surface area contributed by atoms with E-state index in [4.69, 9.17) is 11.6 Å². The van der Waals surface area contributed by atoms with Crippen molar-refractivity contribution in [3.05, 3.63) is 68.7 Å². The number of aromatic amines is 1. The molecule has 0 radical (unpaired) electrons. The van der Waals surface area contributed by atoms with Gasteiger partial charge in [-0.05, 0) is 24.5 Å². The molecule has 5 rings (SSSR count). The summed E-state index contributed by atoms with van der Waals surface area (Å²) < 4.78 is 26.7. The van der Waals surface area contributed by atoms with Gasteiger partial charge in [-0.1, -0.05) is 36.2 Å². The smallest absolute Gasteiger partial charge is 0.272 e. The number of sulfonamides is 1. The van der Waals surface area contributed by atoms with Crippen LogP contribution in [0.5, 0.6) is 0 Å². The van der Waals surface area contributed by atoms with E-state index in [1.54, 1.807) is 0 Å². The first-order valence-electron chi connectivity index (χ1n) is 11.1. The van der Waals surface area contributed by atoms with Gasteiger partial charge in [0.1, 0.15) is 0 Å². The van der Waals surface area contributed by atoms with Gasteiger partial charge in [-0.15, -0.1) is 0 Å². The molecule has 0 amide bonds. The maximum atomic E-state index is 12.8. The van der Waals surface area contributed by atoms with E-state index in [0.717, 1.165) is 41.8 Å². The van der Waals surface area contributed by atoms with Crippen molar-refractivity contribution in [3.63, 3.8) is 0 Å². The van der Waals surface area contributed by atoms with E-state index in [1.165, 1.54) is 10.6 Å². The highest BCUT2D eigenvalue weighted by Gasteiger charge is 2.43. The number of nitrogens with one attached hydrogen (secondary N) is 4. The summed E-state index contributed by atoms with van der Waals surface area (Å²) in [6.07, 6.45) is 4.12. The lowest BCUT2D eigenvalue weighted by molar-refractivity contribution is 0.293. The highest BCUT2D eigenvalue weighted by Crippen LogP contribution is 2.50. The van der Waals surface area contributed by atoms with Crippen molar-refractivity contribution in [2.75, 3.05) is 19.3 Å². The molecule has 3 aromatic rings. The Labute approximate surface area is 201 Å². The first-order chi connectivity index (χ1) is 16.2. The summed E-state index contributed by atoms with van der Waals surface area (Å²) in [6.45, 7) is 1.04. The molecule has 2 aromatic heterocycles. The number of aliphatic imine (C=N–C) groups is 1. The second kappa shape index (κ2) is 8.71. The molecule has 1 fully saturated rings. The molecule has 1 aliphatic carbocycles. The lowest BCUT2D eigenvalue weighted by atomic mass is 9.62. The number of nitrogens with zero attached hydrogens (tertiary/aromatic N) is 3.